The first-order chi connectivity index (χ1) is 12.6. The van der Waals surface area contributed by atoms with E-state index in [2.05, 4.69) is 0 Å². The molecule has 0 aromatic heterocycles. The number of benzene rings is 2. The summed E-state index contributed by atoms with van der Waals surface area (Å²) in [6, 6.07) is 11.8. The normalized spacial score (nSPS) is 20.3. The van der Waals surface area contributed by atoms with Gasteiger partial charge in [0, 0.05) is 17.0 Å². The number of carboxylic acids is 1. The van der Waals surface area contributed by atoms with Crippen LogP contribution in [-0.2, 0) is 14.8 Å². The number of aliphatic carboxylic acids is 1. The summed E-state index contributed by atoms with van der Waals surface area (Å²) in [6.07, 6.45) is 0. The first kappa shape index (κ1) is 19.7. The predicted octanol–water partition coefficient (Wildman–Crippen LogP) is 3.03. The van der Waals surface area contributed by atoms with Gasteiger partial charge in [0.2, 0.25) is 10.0 Å². The number of nitrogens with zero attached hydrogens (tertiary/aromatic N) is 1. The molecule has 1 aliphatic rings. The van der Waals surface area contributed by atoms with Crippen molar-refractivity contribution in [3.8, 4) is 16.9 Å². The first-order valence-corrected chi connectivity index (χ1v) is 10.8. The Morgan fingerprint density at radius 3 is 2.11 bits per heavy atom. The van der Waals surface area contributed by atoms with Crippen LogP contribution in [0.15, 0.2) is 53.4 Å². The second-order valence-corrected chi connectivity index (χ2v) is 10.5. The van der Waals surface area contributed by atoms with Crippen LogP contribution in [-0.4, -0.2) is 52.0 Å². The van der Waals surface area contributed by atoms with Crippen LogP contribution in [0.1, 0.15) is 13.8 Å². The number of carbonyl (C=O) groups is 1. The number of thioether (sulfide) groups is 1. The van der Waals surface area contributed by atoms with Gasteiger partial charge in [0.05, 0.1) is 4.90 Å². The lowest BCUT2D eigenvalue weighted by molar-refractivity contribution is -0.142. The van der Waals surface area contributed by atoms with Crippen LogP contribution in [0, 0.1) is 0 Å². The van der Waals surface area contributed by atoms with E-state index in [1.54, 1.807) is 50.2 Å². The number of phenols is 1. The van der Waals surface area contributed by atoms with Crippen LogP contribution < -0.4 is 0 Å². The third-order valence-corrected chi connectivity index (χ3v) is 7.86. The fraction of sp³-hybridized carbons (Fsp3) is 0.316. The Morgan fingerprint density at radius 2 is 1.59 bits per heavy atom. The molecule has 1 atom stereocenters. The summed E-state index contributed by atoms with van der Waals surface area (Å²) in [5.74, 6) is -0.443. The smallest absolute Gasteiger partial charge is 0.323 e. The molecule has 0 radical (unpaired) electrons. The SMILES string of the molecule is CC1(C)SCCN(S(=O)(=O)c2ccc(-c3ccc(O)cc3)cc2)[C@H]1C(=O)O. The summed E-state index contributed by atoms with van der Waals surface area (Å²) in [4.78, 5) is 11.9. The number of phenolic OH excluding ortho intramolecular Hbond substituents is 1. The largest absolute Gasteiger partial charge is 0.508 e. The van der Waals surface area contributed by atoms with Crippen molar-refractivity contribution in [1.82, 2.24) is 4.31 Å². The van der Waals surface area contributed by atoms with E-state index in [4.69, 9.17) is 0 Å². The minimum absolute atomic E-state index is 0.0685. The molecule has 0 amide bonds. The van der Waals surface area contributed by atoms with Crippen LogP contribution in [0.25, 0.3) is 11.1 Å². The van der Waals surface area contributed by atoms with Crippen molar-refractivity contribution >= 4 is 27.8 Å². The Morgan fingerprint density at radius 1 is 1.07 bits per heavy atom. The second-order valence-electron chi connectivity index (χ2n) is 6.88. The number of rotatable bonds is 4. The van der Waals surface area contributed by atoms with E-state index in [9.17, 15) is 23.4 Å². The summed E-state index contributed by atoms with van der Waals surface area (Å²) in [7, 11) is -3.93. The van der Waals surface area contributed by atoms with E-state index in [0.717, 1.165) is 15.4 Å². The van der Waals surface area contributed by atoms with Crippen molar-refractivity contribution in [3.63, 3.8) is 0 Å². The molecule has 1 fully saturated rings. The summed E-state index contributed by atoms with van der Waals surface area (Å²) in [5.41, 5.74) is 1.65. The fourth-order valence-electron chi connectivity index (χ4n) is 3.24. The van der Waals surface area contributed by atoms with Gasteiger partial charge in [-0.3, -0.25) is 4.79 Å². The second kappa shape index (κ2) is 7.18. The van der Waals surface area contributed by atoms with Crippen LogP contribution in [0.5, 0.6) is 5.75 Å². The predicted molar refractivity (Wildman–Crippen MR) is 105 cm³/mol. The zero-order valence-corrected chi connectivity index (χ0v) is 16.6. The van der Waals surface area contributed by atoms with Crippen LogP contribution in [0.2, 0.25) is 0 Å². The van der Waals surface area contributed by atoms with Gasteiger partial charge >= 0.3 is 5.97 Å². The van der Waals surface area contributed by atoms with E-state index >= 15 is 0 Å². The maximum absolute atomic E-state index is 13.1. The Bertz CT molecular complexity index is 937. The van der Waals surface area contributed by atoms with Gasteiger partial charge in [-0.25, -0.2) is 8.42 Å². The number of aromatic hydroxyl groups is 1. The molecule has 27 heavy (non-hydrogen) atoms. The van der Waals surface area contributed by atoms with Crippen molar-refractivity contribution in [2.24, 2.45) is 0 Å². The lowest BCUT2D eigenvalue weighted by Gasteiger charge is -2.42. The van der Waals surface area contributed by atoms with E-state index in [1.807, 2.05) is 0 Å². The summed E-state index contributed by atoms with van der Waals surface area (Å²) < 4.78 is 26.6. The Hall–Kier alpha value is -2.03. The van der Waals surface area contributed by atoms with Crippen LogP contribution >= 0.6 is 11.8 Å². The molecule has 2 N–H and O–H groups in total. The minimum Gasteiger partial charge on any atom is -0.508 e. The summed E-state index contributed by atoms with van der Waals surface area (Å²) in [5, 5.41) is 19.0. The van der Waals surface area contributed by atoms with Crippen LogP contribution in [0.4, 0.5) is 0 Å². The highest BCUT2D eigenvalue weighted by Gasteiger charge is 2.48. The first-order valence-electron chi connectivity index (χ1n) is 8.41. The van der Waals surface area contributed by atoms with Crippen molar-refractivity contribution in [3.05, 3.63) is 48.5 Å². The van der Waals surface area contributed by atoms with E-state index in [0.29, 0.717) is 5.75 Å². The fourth-order valence-corrected chi connectivity index (χ4v) is 6.34. The molecule has 0 spiro atoms. The Labute approximate surface area is 162 Å². The highest BCUT2D eigenvalue weighted by atomic mass is 32.2. The van der Waals surface area contributed by atoms with E-state index in [-0.39, 0.29) is 17.2 Å². The molecule has 2 aromatic rings. The Balaban J connectivity index is 1.94. The average molecular weight is 408 g/mol. The molecule has 0 saturated carbocycles. The lowest BCUT2D eigenvalue weighted by atomic mass is 10.0. The van der Waals surface area contributed by atoms with E-state index in [1.165, 1.54) is 23.9 Å². The maximum atomic E-state index is 13.1. The molecule has 0 unspecified atom stereocenters. The van der Waals surface area contributed by atoms with E-state index < -0.39 is 26.8 Å². The standard InChI is InChI=1S/C19H21NO5S2/c1-19(2)17(18(22)23)20(11-12-26-19)27(24,25)16-9-5-14(6-10-16)13-3-7-15(21)8-4-13/h3-10,17,21H,11-12H2,1-2H3,(H,22,23)/t17-/m0/s1. The number of hydrogen-bond acceptors (Lipinski definition) is 5. The molecule has 0 aliphatic carbocycles. The molecule has 1 aliphatic heterocycles. The molecule has 1 heterocycles. The number of hydrogen-bond donors (Lipinski definition) is 2. The molecular formula is C19H21NO5S2. The summed E-state index contributed by atoms with van der Waals surface area (Å²) in [6.45, 7) is 3.67. The van der Waals surface area contributed by atoms with Crippen molar-refractivity contribution < 1.29 is 23.4 Å². The Kier molecular flexibility index (Phi) is 5.24. The third kappa shape index (κ3) is 3.83. The minimum atomic E-state index is -3.93. The maximum Gasteiger partial charge on any atom is 0.323 e. The van der Waals surface area contributed by atoms with Gasteiger partial charge < -0.3 is 10.2 Å². The topological polar surface area (TPSA) is 94.9 Å². The zero-order chi connectivity index (χ0) is 19.8. The lowest BCUT2D eigenvalue weighted by Crippen LogP contribution is -2.58. The monoisotopic (exact) mass is 407 g/mol. The zero-order valence-electron chi connectivity index (χ0n) is 15.0. The third-order valence-electron chi connectivity index (χ3n) is 4.63. The van der Waals surface area contributed by atoms with Gasteiger partial charge in [-0.15, -0.1) is 0 Å². The molecule has 6 nitrogen and oxygen atoms in total. The molecule has 1 saturated heterocycles. The molecule has 2 aromatic carbocycles. The van der Waals surface area contributed by atoms with Gasteiger partial charge in [-0.2, -0.15) is 16.1 Å². The summed E-state index contributed by atoms with van der Waals surface area (Å²) >= 11 is 1.47. The van der Waals surface area contributed by atoms with Gasteiger partial charge in [-0.1, -0.05) is 24.3 Å². The van der Waals surface area contributed by atoms with Gasteiger partial charge in [0.25, 0.3) is 0 Å². The van der Waals surface area contributed by atoms with Crippen molar-refractivity contribution in [1.29, 1.82) is 0 Å². The van der Waals surface area contributed by atoms with Crippen molar-refractivity contribution in [2.45, 2.75) is 29.5 Å². The van der Waals surface area contributed by atoms with Gasteiger partial charge in [-0.05, 0) is 49.2 Å². The molecule has 8 heteroatoms. The number of sulfonamides is 1. The molecule has 144 valence electrons. The van der Waals surface area contributed by atoms with Crippen molar-refractivity contribution in [2.75, 3.05) is 12.3 Å². The number of carboxylic acid groups (broad SMARTS) is 1. The average Bonchev–Trinajstić information content (AvgIpc) is 2.61. The molecule has 3 rings (SSSR count). The molecular weight excluding hydrogens is 386 g/mol. The van der Waals surface area contributed by atoms with Crippen LogP contribution in [0.3, 0.4) is 0 Å². The van der Waals surface area contributed by atoms with Gasteiger partial charge in [0.15, 0.2) is 0 Å². The van der Waals surface area contributed by atoms with Gasteiger partial charge in [0.1, 0.15) is 11.8 Å². The highest BCUT2D eigenvalue weighted by Crippen LogP contribution is 2.38. The quantitative estimate of drug-likeness (QED) is 0.809. The molecule has 0 bridgehead atoms. The highest BCUT2D eigenvalue weighted by molar-refractivity contribution is 8.00.